The molecule has 0 spiro atoms. The summed E-state index contributed by atoms with van der Waals surface area (Å²) in [6.45, 7) is 0. The second-order valence-corrected chi connectivity index (χ2v) is 3.99. The average molecular weight is 297 g/mol. The van der Waals surface area contributed by atoms with Crippen molar-refractivity contribution in [2.75, 3.05) is 7.11 Å². The van der Waals surface area contributed by atoms with Crippen LogP contribution in [0.4, 0.5) is 0 Å². The highest BCUT2D eigenvalue weighted by molar-refractivity contribution is 9.10. The maximum atomic E-state index is 9.63. The number of benzene rings is 1. The summed E-state index contributed by atoms with van der Waals surface area (Å²) in [4.78, 5) is 0. The van der Waals surface area contributed by atoms with Gasteiger partial charge < -0.3 is 9.84 Å². The van der Waals surface area contributed by atoms with E-state index in [0.717, 1.165) is 5.56 Å². The molecule has 0 saturated heterocycles. The third kappa shape index (κ3) is 2.62. The van der Waals surface area contributed by atoms with Gasteiger partial charge in [-0.2, -0.15) is 5.10 Å². The van der Waals surface area contributed by atoms with Crippen LogP contribution in [0.25, 0.3) is 0 Å². The van der Waals surface area contributed by atoms with Gasteiger partial charge in [-0.1, -0.05) is 0 Å². The molecule has 17 heavy (non-hydrogen) atoms. The van der Waals surface area contributed by atoms with Crippen LogP contribution in [0.3, 0.4) is 0 Å². The largest absolute Gasteiger partial charge is 0.503 e. The Labute approximate surface area is 106 Å². The standard InChI is InChI=1S/C10H9BrN4O2/c1-17-9-3-7(2-8(11)10(9)16)4-14-15-5-12-13-6-15/h2-6,16H,1H3. The minimum atomic E-state index is 0.0638. The van der Waals surface area contributed by atoms with E-state index in [1.165, 1.54) is 24.4 Å². The number of aromatic hydroxyl groups is 1. The molecule has 0 fully saturated rings. The Morgan fingerprint density at radius 3 is 2.76 bits per heavy atom. The van der Waals surface area contributed by atoms with E-state index in [4.69, 9.17) is 4.74 Å². The fourth-order valence-electron chi connectivity index (χ4n) is 1.21. The molecule has 7 heteroatoms. The second kappa shape index (κ2) is 4.96. The van der Waals surface area contributed by atoms with Crippen molar-refractivity contribution in [3.8, 4) is 11.5 Å². The first-order valence-electron chi connectivity index (χ1n) is 4.66. The summed E-state index contributed by atoms with van der Waals surface area (Å²) in [6, 6.07) is 3.40. The minimum Gasteiger partial charge on any atom is -0.503 e. The molecular weight excluding hydrogens is 288 g/mol. The van der Waals surface area contributed by atoms with Gasteiger partial charge >= 0.3 is 0 Å². The highest BCUT2D eigenvalue weighted by atomic mass is 79.9. The van der Waals surface area contributed by atoms with Gasteiger partial charge in [-0.3, -0.25) is 0 Å². The van der Waals surface area contributed by atoms with Gasteiger partial charge in [0.25, 0.3) is 0 Å². The van der Waals surface area contributed by atoms with Crippen LogP contribution < -0.4 is 4.74 Å². The van der Waals surface area contributed by atoms with Crippen LogP contribution in [0, 0.1) is 0 Å². The Morgan fingerprint density at radius 2 is 2.12 bits per heavy atom. The zero-order chi connectivity index (χ0) is 12.3. The Kier molecular flexibility index (Phi) is 3.38. The molecule has 0 atom stereocenters. The van der Waals surface area contributed by atoms with Gasteiger partial charge in [0, 0.05) is 0 Å². The topological polar surface area (TPSA) is 72.5 Å². The maximum absolute atomic E-state index is 9.63. The fourth-order valence-corrected chi connectivity index (χ4v) is 1.67. The minimum absolute atomic E-state index is 0.0638. The van der Waals surface area contributed by atoms with Gasteiger partial charge in [0.05, 0.1) is 17.8 Å². The van der Waals surface area contributed by atoms with Crippen molar-refractivity contribution < 1.29 is 9.84 Å². The van der Waals surface area contributed by atoms with Gasteiger partial charge in [-0.25, -0.2) is 4.68 Å². The molecule has 0 aliphatic rings. The summed E-state index contributed by atoms with van der Waals surface area (Å²) in [5.74, 6) is 0.443. The highest BCUT2D eigenvalue weighted by Gasteiger charge is 2.07. The number of phenols is 1. The zero-order valence-corrected chi connectivity index (χ0v) is 10.5. The van der Waals surface area contributed by atoms with Crippen molar-refractivity contribution in [1.82, 2.24) is 14.9 Å². The van der Waals surface area contributed by atoms with Crippen LogP contribution >= 0.6 is 15.9 Å². The van der Waals surface area contributed by atoms with Crippen LogP contribution in [-0.2, 0) is 0 Å². The molecule has 0 aliphatic carbocycles. The Hall–Kier alpha value is -1.89. The van der Waals surface area contributed by atoms with Gasteiger partial charge in [-0.05, 0) is 33.6 Å². The zero-order valence-electron chi connectivity index (χ0n) is 8.91. The number of ether oxygens (including phenoxy) is 1. The first-order chi connectivity index (χ1) is 8.20. The monoisotopic (exact) mass is 296 g/mol. The summed E-state index contributed by atoms with van der Waals surface area (Å²) in [5, 5.41) is 21.0. The number of phenolic OH excluding ortho intramolecular Hbond substituents is 1. The maximum Gasteiger partial charge on any atom is 0.172 e. The van der Waals surface area contributed by atoms with Crippen molar-refractivity contribution in [2.45, 2.75) is 0 Å². The lowest BCUT2D eigenvalue weighted by Crippen LogP contribution is -1.90. The molecule has 0 saturated carbocycles. The Balaban J connectivity index is 2.30. The van der Waals surface area contributed by atoms with Gasteiger partial charge in [0.15, 0.2) is 11.5 Å². The third-order valence-electron chi connectivity index (χ3n) is 2.02. The van der Waals surface area contributed by atoms with Crippen molar-refractivity contribution in [3.05, 3.63) is 34.8 Å². The number of rotatable bonds is 3. The lowest BCUT2D eigenvalue weighted by Gasteiger charge is -2.06. The Morgan fingerprint density at radius 1 is 1.41 bits per heavy atom. The van der Waals surface area contributed by atoms with Crippen molar-refractivity contribution in [1.29, 1.82) is 0 Å². The first-order valence-corrected chi connectivity index (χ1v) is 5.45. The van der Waals surface area contributed by atoms with Gasteiger partial charge in [0.2, 0.25) is 0 Å². The molecule has 88 valence electrons. The normalized spacial score (nSPS) is 10.9. The SMILES string of the molecule is COc1cc(C=Nn2cnnc2)cc(Br)c1O. The van der Waals surface area contributed by atoms with E-state index in [0.29, 0.717) is 10.2 Å². The van der Waals surface area contributed by atoms with Crippen molar-refractivity contribution >= 4 is 22.1 Å². The number of hydrogen-bond donors (Lipinski definition) is 1. The molecule has 0 bridgehead atoms. The van der Waals surface area contributed by atoms with Gasteiger partial charge in [0.1, 0.15) is 12.7 Å². The van der Waals surface area contributed by atoms with E-state index in [9.17, 15) is 5.11 Å². The van der Waals surface area contributed by atoms with Gasteiger partial charge in [-0.15, -0.1) is 10.2 Å². The van der Waals surface area contributed by atoms with Crippen LogP contribution in [0.1, 0.15) is 5.56 Å². The molecule has 1 aromatic heterocycles. The lowest BCUT2D eigenvalue weighted by molar-refractivity contribution is 0.372. The average Bonchev–Trinajstić information content (AvgIpc) is 2.83. The number of hydrogen-bond acceptors (Lipinski definition) is 5. The summed E-state index contributed by atoms with van der Waals surface area (Å²) < 4.78 is 7.04. The molecule has 1 aromatic carbocycles. The molecule has 1 heterocycles. The summed E-state index contributed by atoms with van der Waals surface area (Å²) in [5.41, 5.74) is 0.778. The van der Waals surface area contributed by atoms with E-state index in [1.54, 1.807) is 18.3 Å². The number of aromatic nitrogens is 3. The first kappa shape index (κ1) is 11.6. The van der Waals surface area contributed by atoms with Crippen LogP contribution in [-0.4, -0.2) is 33.3 Å². The molecule has 6 nitrogen and oxygen atoms in total. The van der Waals surface area contributed by atoms with Crippen molar-refractivity contribution in [2.24, 2.45) is 5.10 Å². The quantitative estimate of drug-likeness (QED) is 0.874. The van der Waals surface area contributed by atoms with E-state index in [-0.39, 0.29) is 5.75 Å². The smallest absolute Gasteiger partial charge is 0.172 e. The van der Waals surface area contributed by atoms with E-state index >= 15 is 0 Å². The third-order valence-corrected chi connectivity index (χ3v) is 2.62. The van der Waals surface area contributed by atoms with Crippen LogP contribution in [0.2, 0.25) is 0 Å². The van der Waals surface area contributed by atoms with Crippen LogP contribution in [0.15, 0.2) is 34.4 Å². The van der Waals surface area contributed by atoms with E-state index in [2.05, 4.69) is 31.2 Å². The molecular formula is C10H9BrN4O2. The molecule has 2 rings (SSSR count). The number of nitrogens with zero attached hydrogens (tertiary/aromatic N) is 4. The molecule has 0 aliphatic heterocycles. The van der Waals surface area contributed by atoms with E-state index in [1.807, 2.05) is 0 Å². The molecule has 0 unspecified atom stereocenters. The predicted molar refractivity (Wildman–Crippen MR) is 65.4 cm³/mol. The van der Waals surface area contributed by atoms with E-state index < -0.39 is 0 Å². The lowest BCUT2D eigenvalue weighted by atomic mass is 10.2. The number of halogens is 1. The van der Waals surface area contributed by atoms with Crippen LogP contribution in [0.5, 0.6) is 11.5 Å². The number of methoxy groups -OCH3 is 1. The molecule has 1 N–H and O–H groups in total. The fraction of sp³-hybridized carbons (Fsp3) is 0.100. The molecule has 0 amide bonds. The Bertz CT molecular complexity index is 539. The summed E-state index contributed by atoms with van der Waals surface area (Å²) in [6.07, 6.45) is 4.56. The molecule has 2 aromatic rings. The van der Waals surface area contributed by atoms with Crippen molar-refractivity contribution in [3.63, 3.8) is 0 Å². The second-order valence-electron chi connectivity index (χ2n) is 3.14. The summed E-state index contributed by atoms with van der Waals surface area (Å²) >= 11 is 3.23. The summed E-state index contributed by atoms with van der Waals surface area (Å²) in [7, 11) is 1.49. The molecule has 0 radical (unpaired) electrons. The predicted octanol–water partition coefficient (Wildman–Crippen LogP) is 1.64. The highest BCUT2D eigenvalue weighted by Crippen LogP contribution is 2.34.